The Labute approximate surface area is 239 Å². The van der Waals surface area contributed by atoms with Gasteiger partial charge in [0.05, 0.1) is 15.9 Å². The fraction of sp³-hybridized carbons (Fsp3) is 0.174. The molecule has 0 fully saturated rings. The summed E-state index contributed by atoms with van der Waals surface area (Å²) in [7, 11) is -5.59. The first-order valence-corrected chi connectivity index (χ1v) is 14.5. The number of likely N-dealkylation sites (N-methyl/N-ethyl adjacent to an activating group) is 1. The Hall–Kier alpha value is -4.16. The molecule has 3 aromatic rings. The average molecular weight is 630 g/mol. The smallest absolute Gasteiger partial charge is 0.405 e. The van der Waals surface area contributed by atoms with Crippen molar-refractivity contribution < 1.29 is 36.6 Å². The van der Waals surface area contributed by atoms with Crippen LogP contribution in [0.4, 0.5) is 16.2 Å². The molecule has 0 bridgehead atoms. The molecule has 1 amide bonds. The molecule has 220 valence electrons. The molecule has 0 radical (unpaired) electrons. The van der Waals surface area contributed by atoms with Crippen molar-refractivity contribution in [1.82, 2.24) is 14.3 Å². The second-order valence-electron chi connectivity index (χ2n) is 8.00. The van der Waals surface area contributed by atoms with Crippen LogP contribution in [-0.2, 0) is 20.0 Å². The summed E-state index contributed by atoms with van der Waals surface area (Å²) in [4.78, 5) is 30.4. The quantitative estimate of drug-likeness (QED) is 0.219. The second-order valence-corrected chi connectivity index (χ2v) is 12.3. The van der Waals surface area contributed by atoms with Gasteiger partial charge in [0.25, 0.3) is 11.4 Å². The number of halogens is 1. The van der Waals surface area contributed by atoms with E-state index in [2.05, 4.69) is 5.32 Å². The molecule has 18 heteroatoms. The van der Waals surface area contributed by atoms with Gasteiger partial charge in [-0.1, -0.05) is 48.0 Å². The molecule has 41 heavy (non-hydrogen) atoms. The van der Waals surface area contributed by atoms with Gasteiger partial charge in [-0.05, 0) is 36.9 Å². The number of rotatable bonds is 10. The van der Waals surface area contributed by atoms with E-state index in [0.717, 1.165) is 22.5 Å². The molecule has 0 aliphatic rings. The van der Waals surface area contributed by atoms with Crippen LogP contribution in [0.15, 0.2) is 82.6 Å². The normalized spacial score (nSPS) is 12.1. The van der Waals surface area contributed by atoms with Gasteiger partial charge in [0.2, 0.25) is 20.0 Å². The number of hydrogen-bond donors (Lipinski definition) is 3. The number of nitro benzene ring substituents is 2. The lowest BCUT2D eigenvalue weighted by Crippen LogP contribution is -2.38. The minimum Gasteiger partial charge on any atom is -0.465 e. The molecule has 3 N–H and O–H groups in total. The summed E-state index contributed by atoms with van der Waals surface area (Å²) >= 11 is 5.92. The Kier molecular flexibility index (Phi) is 11.2. The first-order chi connectivity index (χ1) is 19.1. The largest absolute Gasteiger partial charge is 0.465 e. The maximum absolute atomic E-state index is 12.8. The molecule has 0 heterocycles. The number of nitro groups is 2. The number of amides is 1. The number of carboxylic acid groups (broad SMARTS) is 1. The summed E-state index contributed by atoms with van der Waals surface area (Å²) < 4.78 is 51.1. The van der Waals surface area contributed by atoms with Gasteiger partial charge in [-0.15, -0.1) is 0 Å². The van der Waals surface area contributed by atoms with Crippen molar-refractivity contribution in [2.75, 3.05) is 20.6 Å². The lowest BCUT2D eigenvalue weighted by atomic mass is 10.1. The van der Waals surface area contributed by atoms with Gasteiger partial charge in [0.1, 0.15) is 0 Å². The molecule has 0 saturated carbocycles. The molecular formula is C23H24ClN5O10S2. The summed E-state index contributed by atoms with van der Waals surface area (Å²) in [6, 6.07) is 15.5. The van der Waals surface area contributed by atoms with Crippen molar-refractivity contribution in [1.29, 1.82) is 0 Å². The van der Waals surface area contributed by atoms with E-state index < -0.39 is 58.3 Å². The molecule has 15 nitrogen and oxygen atoms in total. The third kappa shape index (κ3) is 8.66. The standard InChI is InChI=1S/C16H16ClN3O6S.C7H8N2O4S/c1-19(27(25,26)15-8-3-2-7-14(15)20(23)24)10-13(18-16(21)22)11-5-4-6-12(17)9-11;1-8-14(12,13)7-5-3-2-4-6(7)9(10)11/h2-9,13,18H,10H2,1H3,(H,21,22);2-5,8H,1H3. The topological polar surface area (TPSA) is 219 Å². The van der Waals surface area contributed by atoms with E-state index in [1.165, 1.54) is 50.5 Å². The van der Waals surface area contributed by atoms with Crippen LogP contribution in [0, 0.1) is 20.2 Å². The SMILES string of the molecule is CN(CC(NC(=O)O)c1cccc(Cl)c1)S(=O)(=O)c1ccccc1[N+](=O)[O-].CNS(=O)(=O)c1ccccc1[N+](=O)[O-]. The fourth-order valence-corrected chi connectivity index (χ4v) is 5.83. The van der Waals surface area contributed by atoms with E-state index in [4.69, 9.17) is 16.7 Å². The van der Waals surface area contributed by atoms with E-state index in [1.807, 2.05) is 4.72 Å². The van der Waals surface area contributed by atoms with Crippen LogP contribution < -0.4 is 10.0 Å². The van der Waals surface area contributed by atoms with E-state index in [0.29, 0.717) is 10.6 Å². The van der Waals surface area contributed by atoms with Crippen LogP contribution in [0.25, 0.3) is 0 Å². The van der Waals surface area contributed by atoms with Crippen molar-refractivity contribution in [2.24, 2.45) is 0 Å². The molecular weight excluding hydrogens is 606 g/mol. The predicted molar refractivity (Wildman–Crippen MR) is 148 cm³/mol. The minimum absolute atomic E-state index is 0.291. The molecule has 3 aromatic carbocycles. The molecule has 0 saturated heterocycles. The summed E-state index contributed by atoms with van der Waals surface area (Å²) in [6.07, 6.45) is -1.35. The number of sulfonamides is 2. The summed E-state index contributed by atoms with van der Waals surface area (Å²) in [5, 5.41) is 33.3. The maximum atomic E-state index is 12.8. The van der Waals surface area contributed by atoms with Crippen LogP contribution in [0.2, 0.25) is 5.02 Å². The first kappa shape index (κ1) is 33.0. The van der Waals surface area contributed by atoms with Gasteiger partial charge in [0.15, 0.2) is 9.79 Å². The van der Waals surface area contributed by atoms with Gasteiger partial charge in [-0.2, -0.15) is 4.31 Å². The van der Waals surface area contributed by atoms with Gasteiger partial charge in [-0.25, -0.2) is 26.4 Å². The lowest BCUT2D eigenvalue weighted by molar-refractivity contribution is -0.388. The highest BCUT2D eigenvalue weighted by molar-refractivity contribution is 7.89. The maximum Gasteiger partial charge on any atom is 0.405 e. The predicted octanol–water partition coefficient (Wildman–Crippen LogP) is 3.38. The van der Waals surface area contributed by atoms with Gasteiger partial charge < -0.3 is 10.4 Å². The molecule has 3 rings (SSSR count). The Morgan fingerprint density at radius 1 is 0.927 bits per heavy atom. The number of nitrogens with one attached hydrogen (secondary N) is 2. The Balaban J connectivity index is 0.000000353. The monoisotopic (exact) mass is 629 g/mol. The van der Waals surface area contributed by atoms with Crippen LogP contribution in [0.3, 0.4) is 0 Å². The fourth-order valence-electron chi connectivity index (χ4n) is 3.40. The number of para-hydroxylation sites is 2. The Morgan fingerprint density at radius 3 is 1.93 bits per heavy atom. The van der Waals surface area contributed by atoms with E-state index in [9.17, 15) is 41.9 Å². The number of nitrogens with zero attached hydrogens (tertiary/aromatic N) is 3. The van der Waals surface area contributed by atoms with E-state index >= 15 is 0 Å². The van der Waals surface area contributed by atoms with Crippen molar-refractivity contribution in [3.05, 3.63) is 104 Å². The van der Waals surface area contributed by atoms with Crippen molar-refractivity contribution in [3.8, 4) is 0 Å². The van der Waals surface area contributed by atoms with E-state index in [-0.39, 0.29) is 11.4 Å². The number of benzene rings is 3. The van der Waals surface area contributed by atoms with Crippen molar-refractivity contribution in [3.63, 3.8) is 0 Å². The Bertz CT molecular complexity index is 1650. The summed E-state index contributed by atoms with van der Waals surface area (Å²) in [5.41, 5.74) is -0.536. The van der Waals surface area contributed by atoms with Crippen LogP contribution >= 0.6 is 11.6 Å². The minimum atomic E-state index is -4.24. The summed E-state index contributed by atoms with van der Waals surface area (Å²) in [5.74, 6) is 0. The zero-order chi connectivity index (χ0) is 31.0. The second kappa shape index (κ2) is 14.0. The number of carbonyl (C=O) groups is 1. The molecule has 0 aliphatic heterocycles. The number of hydrogen-bond acceptors (Lipinski definition) is 9. The molecule has 0 aromatic heterocycles. The van der Waals surface area contributed by atoms with Crippen molar-refractivity contribution >= 4 is 49.1 Å². The van der Waals surface area contributed by atoms with Gasteiger partial charge in [-0.3, -0.25) is 20.2 Å². The first-order valence-electron chi connectivity index (χ1n) is 11.2. The third-order valence-electron chi connectivity index (χ3n) is 5.36. The molecule has 1 atom stereocenters. The molecule has 0 aliphatic carbocycles. The lowest BCUT2D eigenvalue weighted by Gasteiger charge is -2.24. The van der Waals surface area contributed by atoms with Gasteiger partial charge in [0, 0.05) is 30.7 Å². The molecule has 1 unspecified atom stereocenters. The Morgan fingerprint density at radius 2 is 1.44 bits per heavy atom. The summed E-state index contributed by atoms with van der Waals surface area (Å²) in [6.45, 7) is -0.291. The highest BCUT2D eigenvalue weighted by Gasteiger charge is 2.31. The zero-order valence-corrected chi connectivity index (χ0v) is 23.8. The van der Waals surface area contributed by atoms with E-state index in [1.54, 1.807) is 18.2 Å². The third-order valence-corrected chi connectivity index (χ3v) is 8.93. The zero-order valence-electron chi connectivity index (χ0n) is 21.4. The van der Waals surface area contributed by atoms with Crippen LogP contribution in [0.5, 0.6) is 0 Å². The van der Waals surface area contributed by atoms with Crippen LogP contribution in [-0.4, -0.2) is 62.8 Å². The van der Waals surface area contributed by atoms with Crippen LogP contribution in [0.1, 0.15) is 11.6 Å². The van der Waals surface area contributed by atoms with Gasteiger partial charge >= 0.3 is 6.09 Å². The molecule has 0 spiro atoms. The van der Waals surface area contributed by atoms with Crippen molar-refractivity contribution in [2.45, 2.75) is 15.8 Å². The average Bonchev–Trinajstić information content (AvgIpc) is 2.92. The highest BCUT2D eigenvalue weighted by atomic mass is 35.5. The highest BCUT2D eigenvalue weighted by Crippen LogP contribution is 2.27.